The molecule has 34 heavy (non-hydrogen) atoms. The summed E-state index contributed by atoms with van der Waals surface area (Å²) in [7, 11) is 1.71. The molecule has 1 unspecified atom stereocenters. The minimum atomic E-state index is -0.866. The highest BCUT2D eigenvalue weighted by Crippen LogP contribution is 2.39. The second-order valence-corrected chi connectivity index (χ2v) is 8.73. The zero-order valence-corrected chi connectivity index (χ0v) is 19.0. The molecule has 0 aliphatic carbocycles. The standard InChI is InChI=1S/C27H26N4O3/c1-16(28-26(33)22-15-17-9-3-7-13-21(17)29-22)25(32)30-24-20-12-5-4-10-18(20)19-11-6-8-14-23(19)31(2)27(24)34/h3-14,16,22,24,29H,15H2,1-2H3,(H,28,33)(H,30,32)/t16-,22-,24?/m0/s1. The first-order chi connectivity index (χ1) is 16.4. The van der Waals surface area contributed by atoms with Crippen LogP contribution in [-0.4, -0.2) is 36.9 Å². The van der Waals surface area contributed by atoms with Gasteiger partial charge in [-0.3, -0.25) is 14.4 Å². The molecule has 3 amide bonds. The molecule has 0 saturated heterocycles. The fraction of sp³-hybridized carbons (Fsp3) is 0.222. The number of likely N-dealkylation sites (N-methyl/N-ethyl adjacent to an activating group) is 1. The van der Waals surface area contributed by atoms with Crippen LogP contribution in [0.15, 0.2) is 72.8 Å². The van der Waals surface area contributed by atoms with E-state index in [2.05, 4.69) is 16.0 Å². The van der Waals surface area contributed by atoms with Crippen molar-refractivity contribution in [3.05, 3.63) is 83.9 Å². The molecule has 172 valence electrons. The van der Waals surface area contributed by atoms with Gasteiger partial charge in [0.25, 0.3) is 5.91 Å². The minimum absolute atomic E-state index is 0.239. The topological polar surface area (TPSA) is 90.5 Å². The summed E-state index contributed by atoms with van der Waals surface area (Å²) in [5.41, 5.74) is 5.34. The molecule has 3 aromatic carbocycles. The van der Waals surface area contributed by atoms with Crippen LogP contribution in [0.25, 0.3) is 11.1 Å². The van der Waals surface area contributed by atoms with E-state index in [-0.39, 0.29) is 11.8 Å². The second kappa shape index (κ2) is 8.67. The number of rotatable bonds is 4. The normalized spacial score (nSPS) is 19.1. The van der Waals surface area contributed by atoms with Crippen LogP contribution >= 0.6 is 0 Å². The Hall–Kier alpha value is -4.13. The first-order valence-corrected chi connectivity index (χ1v) is 11.3. The van der Waals surface area contributed by atoms with Crippen LogP contribution in [0.4, 0.5) is 11.4 Å². The summed E-state index contributed by atoms with van der Waals surface area (Å²) < 4.78 is 0. The van der Waals surface area contributed by atoms with Crippen LogP contribution in [0.2, 0.25) is 0 Å². The molecule has 3 N–H and O–H groups in total. The van der Waals surface area contributed by atoms with E-state index in [4.69, 9.17) is 0 Å². The zero-order chi connectivity index (χ0) is 23.8. The van der Waals surface area contributed by atoms with Crippen molar-refractivity contribution in [3.63, 3.8) is 0 Å². The second-order valence-electron chi connectivity index (χ2n) is 8.73. The summed E-state index contributed by atoms with van der Waals surface area (Å²) >= 11 is 0. The molecular weight excluding hydrogens is 428 g/mol. The first-order valence-electron chi connectivity index (χ1n) is 11.3. The largest absolute Gasteiger partial charge is 0.373 e. The lowest BCUT2D eigenvalue weighted by Crippen LogP contribution is -2.51. The number of fused-ring (bicyclic) bond motifs is 4. The quantitative estimate of drug-likeness (QED) is 0.565. The molecule has 0 spiro atoms. The maximum absolute atomic E-state index is 13.4. The highest BCUT2D eigenvalue weighted by Gasteiger charge is 2.35. The molecule has 3 atom stereocenters. The van der Waals surface area contributed by atoms with Crippen molar-refractivity contribution in [2.75, 3.05) is 17.3 Å². The smallest absolute Gasteiger partial charge is 0.253 e. The Labute approximate surface area is 198 Å². The molecule has 2 heterocycles. The van der Waals surface area contributed by atoms with Gasteiger partial charge in [-0.05, 0) is 35.7 Å². The summed E-state index contributed by atoms with van der Waals surface area (Å²) in [6.07, 6.45) is 0.563. The highest BCUT2D eigenvalue weighted by molar-refractivity contribution is 6.06. The number of carbonyl (C=O) groups excluding carboxylic acids is 3. The third kappa shape index (κ3) is 3.79. The molecule has 0 fully saturated rings. The Morgan fingerprint density at radius 3 is 2.44 bits per heavy atom. The van der Waals surface area contributed by atoms with Gasteiger partial charge in [0, 0.05) is 24.7 Å². The average Bonchev–Trinajstić information content (AvgIpc) is 3.28. The van der Waals surface area contributed by atoms with Crippen molar-refractivity contribution in [2.45, 2.75) is 31.5 Å². The lowest BCUT2D eigenvalue weighted by atomic mass is 9.95. The number of hydrogen-bond acceptors (Lipinski definition) is 4. The molecule has 5 rings (SSSR count). The van der Waals surface area contributed by atoms with Crippen LogP contribution in [0, 0.1) is 0 Å². The van der Waals surface area contributed by atoms with Gasteiger partial charge in [0.15, 0.2) is 0 Å². The van der Waals surface area contributed by atoms with Crippen molar-refractivity contribution in [1.82, 2.24) is 10.6 Å². The maximum atomic E-state index is 13.4. The number of para-hydroxylation sites is 2. The van der Waals surface area contributed by atoms with Crippen molar-refractivity contribution in [3.8, 4) is 11.1 Å². The van der Waals surface area contributed by atoms with Gasteiger partial charge in [-0.2, -0.15) is 0 Å². The Morgan fingerprint density at radius 2 is 1.65 bits per heavy atom. The monoisotopic (exact) mass is 454 g/mol. The molecule has 2 aliphatic rings. The van der Waals surface area contributed by atoms with Crippen molar-refractivity contribution < 1.29 is 14.4 Å². The van der Waals surface area contributed by atoms with Gasteiger partial charge < -0.3 is 20.9 Å². The van der Waals surface area contributed by atoms with Crippen LogP contribution in [-0.2, 0) is 20.8 Å². The Bertz CT molecular complexity index is 1260. The fourth-order valence-electron chi connectivity index (χ4n) is 4.68. The molecule has 3 aromatic rings. The average molecular weight is 455 g/mol. The third-order valence-electron chi connectivity index (χ3n) is 6.53. The molecule has 0 bridgehead atoms. The molecule has 0 aromatic heterocycles. The first kappa shape index (κ1) is 21.7. The van der Waals surface area contributed by atoms with Crippen molar-refractivity contribution in [2.24, 2.45) is 0 Å². The van der Waals surface area contributed by atoms with Crippen LogP contribution in [0.3, 0.4) is 0 Å². The summed E-state index contributed by atoms with van der Waals surface area (Å²) in [5.74, 6) is -0.912. The number of hydrogen-bond donors (Lipinski definition) is 3. The lowest BCUT2D eigenvalue weighted by Gasteiger charge is -2.25. The summed E-state index contributed by atoms with van der Waals surface area (Å²) in [5, 5.41) is 8.87. The van der Waals surface area contributed by atoms with E-state index >= 15 is 0 Å². The predicted octanol–water partition coefficient (Wildman–Crippen LogP) is 3.03. The summed E-state index contributed by atoms with van der Waals surface area (Å²) in [6, 6.07) is 20.9. The number of nitrogens with one attached hydrogen (secondary N) is 3. The van der Waals surface area contributed by atoms with Crippen LogP contribution in [0.1, 0.15) is 24.1 Å². The Morgan fingerprint density at radius 1 is 0.971 bits per heavy atom. The number of carbonyl (C=O) groups is 3. The number of nitrogens with zero attached hydrogens (tertiary/aromatic N) is 1. The van der Waals surface area contributed by atoms with E-state index in [1.54, 1.807) is 18.9 Å². The van der Waals surface area contributed by atoms with Gasteiger partial charge in [0.05, 0.1) is 5.69 Å². The number of benzene rings is 3. The Kier molecular flexibility index (Phi) is 5.53. The van der Waals surface area contributed by atoms with Gasteiger partial charge in [0.2, 0.25) is 11.8 Å². The van der Waals surface area contributed by atoms with Gasteiger partial charge >= 0.3 is 0 Å². The van der Waals surface area contributed by atoms with Crippen LogP contribution < -0.4 is 20.9 Å². The number of anilines is 2. The third-order valence-corrected chi connectivity index (χ3v) is 6.53. The van der Waals surface area contributed by atoms with E-state index in [1.807, 2.05) is 72.8 Å². The molecule has 7 heteroatoms. The van der Waals surface area contributed by atoms with Gasteiger partial charge in [-0.25, -0.2) is 0 Å². The van der Waals surface area contributed by atoms with Gasteiger partial charge in [0.1, 0.15) is 18.1 Å². The molecular formula is C27H26N4O3. The molecule has 2 aliphatic heterocycles. The van der Waals surface area contributed by atoms with E-state index in [0.29, 0.717) is 6.42 Å². The minimum Gasteiger partial charge on any atom is -0.373 e. The summed E-state index contributed by atoms with van der Waals surface area (Å²) in [6.45, 7) is 1.63. The van der Waals surface area contributed by atoms with E-state index in [1.165, 1.54) is 0 Å². The van der Waals surface area contributed by atoms with E-state index < -0.39 is 24.0 Å². The van der Waals surface area contributed by atoms with E-state index in [0.717, 1.165) is 33.6 Å². The lowest BCUT2D eigenvalue weighted by molar-refractivity contribution is -0.131. The number of amides is 3. The Balaban J connectivity index is 1.33. The highest BCUT2D eigenvalue weighted by atomic mass is 16.2. The predicted molar refractivity (Wildman–Crippen MR) is 131 cm³/mol. The maximum Gasteiger partial charge on any atom is 0.253 e. The fourth-order valence-corrected chi connectivity index (χ4v) is 4.68. The van der Waals surface area contributed by atoms with Gasteiger partial charge in [-0.1, -0.05) is 60.7 Å². The summed E-state index contributed by atoms with van der Waals surface area (Å²) in [4.78, 5) is 40.9. The van der Waals surface area contributed by atoms with Crippen molar-refractivity contribution in [1.29, 1.82) is 0 Å². The zero-order valence-electron chi connectivity index (χ0n) is 19.0. The molecule has 7 nitrogen and oxygen atoms in total. The molecule has 0 saturated carbocycles. The molecule has 0 radical (unpaired) electrons. The van der Waals surface area contributed by atoms with Crippen LogP contribution in [0.5, 0.6) is 0 Å². The SMILES string of the molecule is C[C@H](NC(=O)[C@@H]1Cc2ccccc2N1)C(=O)NC1C(=O)N(C)c2ccccc2-c2ccccc21. The van der Waals surface area contributed by atoms with Gasteiger partial charge in [-0.15, -0.1) is 0 Å². The van der Waals surface area contributed by atoms with Crippen molar-refractivity contribution >= 4 is 29.1 Å². The van der Waals surface area contributed by atoms with E-state index in [9.17, 15) is 14.4 Å².